The van der Waals surface area contributed by atoms with Crippen LogP contribution in [0.3, 0.4) is 0 Å². The Hall–Kier alpha value is 0.270. The van der Waals surface area contributed by atoms with E-state index in [1.807, 2.05) is 0 Å². The van der Waals surface area contributed by atoms with Crippen molar-refractivity contribution in [2.45, 2.75) is 25.0 Å². The first-order valence-electron chi connectivity index (χ1n) is 4.74. The molecule has 70 valence electrons. The zero-order valence-corrected chi connectivity index (χ0v) is 8.35. The van der Waals surface area contributed by atoms with Gasteiger partial charge in [-0.1, -0.05) is 18.9 Å². The Morgan fingerprint density at radius 3 is 2.33 bits per heavy atom. The van der Waals surface area contributed by atoms with Gasteiger partial charge in [-0.05, 0) is 30.6 Å². The van der Waals surface area contributed by atoms with E-state index in [0.29, 0.717) is 5.25 Å². The van der Waals surface area contributed by atoms with Gasteiger partial charge in [-0.2, -0.15) is 0 Å². The first-order valence-corrected chi connectivity index (χ1v) is 5.69. The fraction of sp³-hybridized carbons (Fsp3) is 1.00. The van der Waals surface area contributed by atoms with E-state index < -0.39 is 0 Å². The van der Waals surface area contributed by atoms with Crippen molar-refractivity contribution in [2.24, 2.45) is 22.9 Å². The van der Waals surface area contributed by atoms with Crippen LogP contribution in [0.5, 0.6) is 0 Å². The van der Waals surface area contributed by atoms with Crippen molar-refractivity contribution >= 4 is 11.9 Å². The molecule has 12 heavy (non-hydrogen) atoms. The summed E-state index contributed by atoms with van der Waals surface area (Å²) < 4.78 is 5.55. The topological polar surface area (TPSA) is 35.2 Å². The third kappa shape index (κ3) is 1.50. The monoisotopic (exact) mass is 187 g/mol. The Bertz CT molecular complexity index is 151. The lowest BCUT2D eigenvalue weighted by atomic mass is 9.72. The molecular formula is C9H17NOS. The molecule has 0 amide bonds. The van der Waals surface area contributed by atoms with E-state index >= 15 is 0 Å². The van der Waals surface area contributed by atoms with E-state index in [1.165, 1.54) is 12.8 Å². The molecule has 1 aliphatic heterocycles. The number of ether oxygens (including phenoxy) is 1. The SMILES string of the molecule is CC1C2COCC1CC(SN)C2. The Balaban J connectivity index is 2.02. The van der Waals surface area contributed by atoms with E-state index in [2.05, 4.69) is 6.92 Å². The molecule has 1 heterocycles. The van der Waals surface area contributed by atoms with E-state index in [4.69, 9.17) is 9.88 Å². The molecule has 2 rings (SSSR count). The smallest absolute Gasteiger partial charge is 0.0497 e. The van der Waals surface area contributed by atoms with Crippen LogP contribution in [0.15, 0.2) is 0 Å². The average Bonchev–Trinajstić information content (AvgIpc) is 2.04. The van der Waals surface area contributed by atoms with Crippen LogP contribution in [0.2, 0.25) is 0 Å². The molecule has 2 fully saturated rings. The lowest BCUT2D eigenvalue weighted by molar-refractivity contribution is -0.0467. The summed E-state index contributed by atoms with van der Waals surface area (Å²) in [5.74, 6) is 2.42. The molecule has 2 nitrogen and oxygen atoms in total. The lowest BCUT2D eigenvalue weighted by Gasteiger charge is -2.43. The Labute approximate surface area is 78.4 Å². The van der Waals surface area contributed by atoms with Gasteiger partial charge in [0.05, 0.1) is 0 Å². The minimum absolute atomic E-state index is 0.695. The summed E-state index contributed by atoms with van der Waals surface area (Å²) in [5.41, 5.74) is 0. The van der Waals surface area contributed by atoms with Crippen LogP contribution in [-0.4, -0.2) is 18.5 Å². The maximum absolute atomic E-state index is 5.63. The highest BCUT2D eigenvalue weighted by Crippen LogP contribution is 2.41. The summed E-state index contributed by atoms with van der Waals surface area (Å²) in [5, 5.41) is 6.32. The normalized spacial score (nSPS) is 47.5. The van der Waals surface area contributed by atoms with Gasteiger partial charge >= 0.3 is 0 Å². The predicted molar refractivity (Wildman–Crippen MR) is 51.8 cm³/mol. The van der Waals surface area contributed by atoms with Crippen LogP contribution in [0.1, 0.15) is 19.8 Å². The first kappa shape index (κ1) is 8.85. The van der Waals surface area contributed by atoms with Crippen molar-refractivity contribution in [3.63, 3.8) is 0 Å². The summed E-state index contributed by atoms with van der Waals surface area (Å²) in [6.07, 6.45) is 2.53. The lowest BCUT2D eigenvalue weighted by Crippen LogP contribution is -2.41. The standard InChI is InChI=1S/C9H17NOS/c1-6-7-2-9(12-10)3-8(6)5-11-4-7/h6-9H,2-5,10H2,1H3. The van der Waals surface area contributed by atoms with Crippen LogP contribution in [0.4, 0.5) is 0 Å². The van der Waals surface area contributed by atoms with Crippen LogP contribution < -0.4 is 5.14 Å². The highest BCUT2D eigenvalue weighted by atomic mass is 32.2. The number of fused-ring (bicyclic) bond motifs is 2. The summed E-state index contributed by atoms with van der Waals surface area (Å²) in [6, 6.07) is 0. The van der Waals surface area contributed by atoms with Crippen LogP contribution in [-0.2, 0) is 4.74 Å². The maximum Gasteiger partial charge on any atom is 0.0497 e. The van der Waals surface area contributed by atoms with E-state index in [0.717, 1.165) is 31.0 Å². The highest BCUT2D eigenvalue weighted by molar-refractivity contribution is 7.97. The van der Waals surface area contributed by atoms with Crippen molar-refractivity contribution in [2.75, 3.05) is 13.2 Å². The largest absolute Gasteiger partial charge is 0.381 e. The van der Waals surface area contributed by atoms with Gasteiger partial charge in [-0.15, -0.1) is 0 Å². The van der Waals surface area contributed by atoms with Crippen LogP contribution in [0.25, 0.3) is 0 Å². The zero-order chi connectivity index (χ0) is 8.55. The molecular weight excluding hydrogens is 170 g/mol. The van der Waals surface area contributed by atoms with Gasteiger partial charge in [0.25, 0.3) is 0 Å². The van der Waals surface area contributed by atoms with E-state index in [-0.39, 0.29) is 0 Å². The fourth-order valence-corrected chi connectivity index (χ4v) is 3.22. The molecule has 0 spiro atoms. The second kappa shape index (κ2) is 3.56. The Morgan fingerprint density at radius 1 is 1.25 bits per heavy atom. The van der Waals surface area contributed by atoms with Crippen molar-refractivity contribution in [3.05, 3.63) is 0 Å². The van der Waals surface area contributed by atoms with Gasteiger partial charge in [0.15, 0.2) is 0 Å². The number of rotatable bonds is 1. The molecule has 0 aromatic carbocycles. The number of hydrogen-bond donors (Lipinski definition) is 1. The molecule has 0 radical (unpaired) electrons. The molecule has 2 aliphatic rings. The minimum Gasteiger partial charge on any atom is -0.381 e. The Kier molecular flexibility index (Phi) is 2.63. The van der Waals surface area contributed by atoms with Crippen LogP contribution in [0, 0.1) is 17.8 Å². The molecule has 1 saturated heterocycles. The third-order valence-electron chi connectivity index (χ3n) is 3.47. The maximum atomic E-state index is 5.63. The summed E-state index contributed by atoms with van der Waals surface area (Å²) >= 11 is 1.55. The molecule has 2 N–H and O–H groups in total. The summed E-state index contributed by atoms with van der Waals surface area (Å²) in [6.45, 7) is 4.30. The van der Waals surface area contributed by atoms with Gasteiger partial charge in [-0.25, -0.2) is 0 Å². The fourth-order valence-electron chi connectivity index (χ4n) is 2.51. The second-order valence-corrected chi connectivity index (χ2v) is 5.09. The molecule has 2 atom stereocenters. The van der Waals surface area contributed by atoms with Crippen molar-refractivity contribution in [1.29, 1.82) is 0 Å². The number of hydrogen-bond acceptors (Lipinski definition) is 3. The second-order valence-electron chi connectivity index (χ2n) is 4.15. The van der Waals surface area contributed by atoms with E-state index in [9.17, 15) is 0 Å². The molecule has 2 bridgehead atoms. The van der Waals surface area contributed by atoms with Gasteiger partial charge in [-0.3, -0.25) is 5.14 Å². The third-order valence-corrected chi connectivity index (χ3v) is 4.24. The van der Waals surface area contributed by atoms with Gasteiger partial charge in [0.1, 0.15) is 0 Å². The Morgan fingerprint density at radius 2 is 1.83 bits per heavy atom. The predicted octanol–water partition coefficient (Wildman–Crippen LogP) is 1.65. The molecule has 1 saturated carbocycles. The quantitative estimate of drug-likeness (QED) is 0.634. The van der Waals surface area contributed by atoms with Crippen molar-refractivity contribution < 1.29 is 4.74 Å². The molecule has 0 aromatic heterocycles. The first-order chi connectivity index (χ1) is 5.81. The van der Waals surface area contributed by atoms with Gasteiger partial charge in [0.2, 0.25) is 0 Å². The minimum atomic E-state index is 0.695. The molecule has 1 aliphatic carbocycles. The van der Waals surface area contributed by atoms with Gasteiger partial charge < -0.3 is 4.74 Å². The molecule has 2 unspecified atom stereocenters. The highest BCUT2D eigenvalue weighted by Gasteiger charge is 2.38. The zero-order valence-electron chi connectivity index (χ0n) is 7.53. The summed E-state index contributed by atoms with van der Waals surface area (Å²) in [4.78, 5) is 0. The van der Waals surface area contributed by atoms with Crippen molar-refractivity contribution in [1.82, 2.24) is 0 Å². The molecule has 0 aromatic rings. The number of nitrogens with two attached hydrogens (primary N) is 1. The molecule has 3 heteroatoms. The van der Waals surface area contributed by atoms with Gasteiger partial charge in [0, 0.05) is 18.5 Å². The summed E-state index contributed by atoms with van der Waals surface area (Å²) in [7, 11) is 0. The average molecular weight is 187 g/mol. The van der Waals surface area contributed by atoms with E-state index in [1.54, 1.807) is 11.9 Å². The van der Waals surface area contributed by atoms with Crippen molar-refractivity contribution in [3.8, 4) is 0 Å². The van der Waals surface area contributed by atoms with Crippen LogP contribution >= 0.6 is 11.9 Å².